The molecular weight excluding hydrogens is 423 g/mol. The van der Waals surface area contributed by atoms with E-state index in [4.69, 9.17) is 4.43 Å². The average molecular weight is 447 g/mol. The van der Waals surface area contributed by atoms with Crippen molar-refractivity contribution < 1.29 is 4.43 Å². The van der Waals surface area contributed by atoms with Crippen molar-refractivity contribution in [1.82, 2.24) is 0 Å². The Labute approximate surface area is 149 Å². The maximum absolute atomic E-state index is 6.47. The number of rotatable bonds is 5. The number of halogens is 1. The highest BCUT2D eigenvalue weighted by Crippen LogP contribution is 2.29. The van der Waals surface area contributed by atoms with Crippen LogP contribution in [0.25, 0.3) is 10.1 Å². The van der Waals surface area contributed by atoms with Crippen LogP contribution in [0.3, 0.4) is 0 Å². The van der Waals surface area contributed by atoms with Crippen molar-refractivity contribution in [3.8, 4) is 0 Å². The van der Waals surface area contributed by atoms with Crippen molar-refractivity contribution in [1.29, 1.82) is 0 Å². The van der Waals surface area contributed by atoms with Crippen molar-refractivity contribution in [2.24, 2.45) is 0 Å². The second kappa shape index (κ2) is 7.54. The fraction of sp³-hybridized carbons (Fsp3) is 0.375. The zero-order valence-electron chi connectivity index (χ0n) is 13.1. The van der Waals surface area contributed by atoms with E-state index in [0.717, 1.165) is 6.42 Å². The van der Waals surface area contributed by atoms with Crippen molar-refractivity contribution in [3.63, 3.8) is 0 Å². The monoisotopic (exact) mass is 446 g/mol. The van der Waals surface area contributed by atoms with Gasteiger partial charge in [-0.15, -0.1) is 11.3 Å². The molecule has 1 heterocycles. The summed E-state index contributed by atoms with van der Waals surface area (Å²) in [7, 11) is 0.128. The topological polar surface area (TPSA) is 9.23 Å². The first-order valence-corrected chi connectivity index (χ1v) is 15.0. The number of fused-ring (bicyclic) bond motifs is 1. The molecule has 114 valence electrons. The molecule has 0 aliphatic carbocycles. The molecule has 0 saturated carbocycles. The fourth-order valence-electron chi connectivity index (χ4n) is 2.04. The molecule has 0 amide bonds. The summed E-state index contributed by atoms with van der Waals surface area (Å²) in [6.07, 6.45) is 3.46. The average Bonchev–Trinajstić information content (AvgIpc) is 2.79. The lowest BCUT2D eigenvalue weighted by atomic mass is 10.2. The highest BCUT2D eigenvalue weighted by atomic mass is 127. The molecule has 0 fully saturated rings. The molecule has 2 aromatic rings. The molecule has 1 aromatic carbocycles. The predicted octanol–water partition coefficient (Wildman–Crippen LogP) is 4.16. The lowest BCUT2D eigenvalue weighted by molar-refractivity contribution is 0.248. The molecule has 0 aliphatic rings. The first kappa shape index (κ1) is 17.4. The van der Waals surface area contributed by atoms with Gasteiger partial charge in [0.15, 0.2) is 8.56 Å². The van der Waals surface area contributed by atoms with Gasteiger partial charge < -0.3 is 4.43 Å². The minimum Gasteiger partial charge on any atom is -0.417 e. The molecule has 1 nitrogen and oxygen atoms in total. The minimum absolute atomic E-state index is 0.239. The van der Waals surface area contributed by atoms with Crippen molar-refractivity contribution in [2.45, 2.75) is 38.3 Å². The fourth-order valence-corrected chi connectivity index (χ4v) is 5.78. The Hall–Kier alpha value is 0.0438. The van der Waals surface area contributed by atoms with Crippen molar-refractivity contribution >= 4 is 62.3 Å². The molecule has 5 heteroatoms. The van der Waals surface area contributed by atoms with Crippen LogP contribution in [-0.2, 0) is 10.8 Å². The summed E-state index contributed by atoms with van der Waals surface area (Å²) in [6.45, 7) is 6.96. The quantitative estimate of drug-likeness (QED) is 0.495. The van der Waals surface area contributed by atoms with Crippen LogP contribution in [0, 0.1) is 0 Å². The van der Waals surface area contributed by atoms with E-state index in [0.29, 0.717) is 5.04 Å². The first-order chi connectivity index (χ1) is 9.90. The van der Waals surface area contributed by atoms with Crippen molar-refractivity contribution in [2.75, 3.05) is 0 Å². The van der Waals surface area contributed by atoms with Gasteiger partial charge in [0.2, 0.25) is 0 Å². The van der Waals surface area contributed by atoms with Crippen LogP contribution in [0.4, 0.5) is 0 Å². The van der Waals surface area contributed by atoms with Gasteiger partial charge in [0.1, 0.15) is 0 Å². The van der Waals surface area contributed by atoms with Crippen molar-refractivity contribution in [3.05, 3.63) is 45.4 Å². The third-order valence-electron chi connectivity index (χ3n) is 3.76. The predicted molar refractivity (Wildman–Crippen MR) is 110 cm³/mol. The molecule has 2 atom stereocenters. The first-order valence-electron chi connectivity index (χ1n) is 7.30. The summed E-state index contributed by atoms with van der Waals surface area (Å²) in [5.74, 6) is 0. The van der Waals surface area contributed by atoms with Crippen LogP contribution >= 0.6 is 33.9 Å². The highest BCUT2D eigenvalue weighted by Gasteiger charge is 2.25. The van der Waals surface area contributed by atoms with Crippen LogP contribution in [-0.4, -0.2) is 24.4 Å². The van der Waals surface area contributed by atoms with Gasteiger partial charge in [-0.25, -0.2) is 0 Å². The molecule has 0 N–H and O–H groups in total. The SMILES string of the molecule is CC(C)(C)[SiH]([SiH3])OC(/C=C/I)Cc1cc2ccccc2s1. The molecule has 21 heavy (non-hydrogen) atoms. The van der Waals surface area contributed by atoms with Crippen LogP contribution in [0.2, 0.25) is 5.04 Å². The Kier molecular flexibility index (Phi) is 6.25. The summed E-state index contributed by atoms with van der Waals surface area (Å²) in [5, 5.41) is 1.72. The standard InChI is InChI=1S/C16H23IOSSi2/c1-16(2,3)21(20)18-13(8-9-17)11-14-10-12-6-4-5-7-15(12)19-14/h4-10,13,21H,11H2,1-3,20H3/b9-8+. The van der Waals surface area contributed by atoms with E-state index in [1.54, 1.807) is 0 Å². The number of hydrogen-bond donors (Lipinski definition) is 0. The zero-order chi connectivity index (χ0) is 15.5. The normalized spacial score (nSPS) is 15.8. The summed E-state index contributed by atoms with van der Waals surface area (Å²) in [6, 6.07) is 10.9. The summed E-state index contributed by atoms with van der Waals surface area (Å²) >= 11 is 4.19. The Morgan fingerprint density at radius 3 is 2.71 bits per heavy atom. The Morgan fingerprint density at radius 2 is 2.10 bits per heavy atom. The molecule has 0 saturated heterocycles. The van der Waals surface area contributed by atoms with Gasteiger partial charge in [-0.1, -0.05) is 67.6 Å². The lowest BCUT2D eigenvalue weighted by Crippen LogP contribution is -2.34. The maximum Gasteiger partial charge on any atom is 0.160 e. The van der Waals surface area contributed by atoms with Gasteiger partial charge in [0, 0.05) is 25.8 Å². The Balaban J connectivity index is 2.12. The van der Waals surface area contributed by atoms with E-state index < -0.39 is 8.56 Å². The third kappa shape index (κ3) is 5.02. The highest BCUT2D eigenvalue weighted by molar-refractivity contribution is 14.1. The second-order valence-corrected chi connectivity index (χ2v) is 14.8. The number of hydrogen-bond acceptors (Lipinski definition) is 2. The minimum atomic E-state index is -1.07. The van der Waals surface area contributed by atoms with Crippen LogP contribution in [0.5, 0.6) is 0 Å². The van der Waals surface area contributed by atoms with E-state index >= 15 is 0 Å². The van der Waals surface area contributed by atoms with E-state index in [1.165, 1.54) is 24.7 Å². The maximum atomic E-state index is 6.47. The lowest BCUT2D eigenvalue weighted by Gasteiger charge is -2.29. The molecule has 2 rings (SSSR count). The summed E-state index contributed by atoms with van der Waals surface area (Å²) < 4.78 is 9.94. The van der Waals surface area contributed by atoms with Crippen LogP contribution < -0.4 is 0 Å². The smallest absolute Gasteiger partial charge is 0.160 e. The molecule has 2 unspecified atom stereocenters. The number of benzene rings is 1. The Bertz CT molecular complexity index is 585. The molecule has 0 spiro atoms. The van der Waals surface area contributed by atoms with Gasteiger partial charge in [0.25, 0.3) is 0 Å². The molecule has 0 aliphatic heterocycles. The van der Waals surface area contributed by atoms with Crippen LogP contribution in [0.15, 0.2) is 40.5 Å². The van der Waals surface area contributed by atoms with Gasteiger partial charge in [-0.05, 0) is 26.6 Å². The van der Waals surface area contributed by atoms with E-state index in [2.05, 4.69) is 83.9 Å². The van der Waals surface area contributed by atoms with Crippen LogP contribution in [0.1, 0.15) is 25.6 Å². The summed E-state index contributed by atoms with van der Waals surface area (Å²) in [4.78, 5) is 1.42. The zero-order valence-corrected chi connectivity index (χ0v) is 19.2. The second-order valence-electron chi connectivity index (χ2n) is 6.46. The van der Waals surface area contributed by atoms with Gasteiger partial charge in [0.05, 0.1) is 6.10 Å². The van der Waals surface area contributed by atoms with Gasteiger partial charge in [-0.3, -0.25) is 0 Å². The van der Waals surface area contributed by atoms with Gasteiger partial charge >= 0.3 is 0 Å². The molecular formula is C16H23IOSSi2. The molecule has 1 aromatic heterocycles. The third-order valence-corrected chi connectivity index (χ3v) is 14.5. The van der Waals surface area contributed by atoms with E-state index in [1.807, 2.05) is 11.3 Å². The molecule has 0 bridgehead atoms. The molecule has 0 radical (unpaired) electrons. The Morgan fingerprint density at radius 1 is 1.38 bits per heavy atom. The number of thiophene rings is 1. The largest absolute Gasteiger partial charge is 0.417 e. The van der Waals surface area contributed by atoms with E-state index in [-0.39, 0.29) is 6.10 Å². The van der Waals surface area contributed by atoms with E-state index in [9.17, 15) is 0 Å². The van der Waals surface area contributed by atoms with Gasteiger partial charge in [-0.2, -0.15) is 0 Å². The summed E-state index contributed by atoms with van der Waals surface area (Å²) in [5.41, 5.74) is 0.